The molecule has 0 radical (unpaired) electrons. The van der Waals surface area contributed by atoms with Crippen molar-refractivity contribution in [1.29, 1.82) is 0 Å². The number of fused-ring (bicyclic) bond motifs is 3. The minimum absolute atomic E-state index is 0.115. The van der Waals surface area contributed by atoms with Crippen molar-refractivity contribution in [3.8, 4) is 0 Å². The Labute approximate surface area is 176 Å². The summed E-state index contributed by atoms with van der Waals surface area (Å²) in [6.45, 7) is 9.35. The van der Waals surface area contributed by atoms with Crippen LogP contribution in [0.2, 0.25) is 10.0 Å². The van der Waals surface area contributed by atoms with E-state index in [2.05, 4.69) is 6.92 Å². The number of carboxylic acids is 1. The number of halogens is 2. The van der Waals surface area contributed by atoms with E-state index in [9.17, 15) is 14.7 Å². The molecule has 0 bridgehead atoms. The highest BCUT2D eigenvalue weighted by molar-refractivity contribution is 6.36. The molecular formula is C22H28Cl2O4. The third kappa shape index (κ3) is 3.13. The second kappa shape index (κ2) is 7.21. The molecule has 154 valence electrons. The molecule has 1 saturated carbocycles. The molecule has 2 aliphatic carbocycles. The molecule has 1 aromatic rings. The van der Waals surface area contributed by atoms with Crippen molar-refractivity contribution in [2.45, 2.75) is 77.7 Å². The van der Waals surface area contributed by atoms with Crippen LogP contribution in [-0.2, 0) is 19.7 Å². The largest absolute Gasteiger partial charge is 0.481 e. The van der Waals surface area contributed by atoms with Crippen molar-refractivity contribution in [3.05, 3.63) is 32.8 Å². The van der Waals surface area contributed by atoms with E-state index < -0.39 is 23.5 Å². The van der Waals surface area contributed by atoms with Gasteiger partial charge in [-0.25, -0.2) is 0 Å². The van der Waals surface area contributed by atoms with Crippen molar-refractivity contribution in [2.75, 3.05) is 0 Å². The van der Waals surface area contributed by atoms with Crippen molar-refractivity contribution in [2.24, 2.45) is 11.3 Å². The third-order valence-corrected chi connectivity index (χ3v) is 7.70. The van der Waals surface area contributed by atoms with Crippen LogP contribution in [0.15, 0.2) is 6.07 Å². The molecule has 2 aliphatic rings. The average Bonchev–Trinajstić information content (AvgIpc) is 2.55. The second-order valence-corrected chi connectivity index (χ2v) is 9.87. The number of esters is 1. The Kier molecular flexibility index (Phi) is 5.52. The van der Waals surface area contributed by atoms with Gasteiger partial charge in [0.05, 0.1) is 10.4 Å². The number of carbonyl (C=O) groups excluding carboxylic acids is 1. The number of rotatable bonds is 3. The van der Waals surface area contributed by atoms with Crippen LogP contribution in [0.25, 0.3) is 0 Å². The van der Waals surface area contributed by atoms with Crippen LogP contribution in [0.1, 0.15) is 89.0 Å². The van der Waals surface area contributed by atoms with Crippen molar-refractivity contribution < 1.29 is 19.4 Å². The molecule has 6 heteroatoms. The van der Waals surface area contributed by atoms with E-state index in [-0.39, 0.29) is 17.3 Å². The first kappa shape index (κ1) is 21.4. The lowest BCUT2D eigenvalue weighted by atomic mass is 9.49. The summed E-state index contributed by atoms with van der Waals surface area (Å²) in [4.78, 5) is 24.1. The molecule has 1 N–H and O–H groups in total. The lowest BCUT2D eigenvalue weighted by Crippen LogP contribution is -2.53. The Bertz CT molecular complexity index is 834. The second-order valence-electron chi connectivity index (χ2n) is 9.08. The molecule has 0 aliphatic heterocycles. The van der Waals surface area contributed by atoms with Crippen LogP contribution in [0.3, 0.4) is 0 Å². The first-order chi connectivity index (χ1) is 12.9. The van der Waals surface area contributed by atoms with Gasteiger partial charge in [-0.2, -0.15) is 0 Å². The molecule has 0 spiro atoms. The predicted octanol–water partition coefficient (Wildman–Crippen LogP) is 6.27. The number of hydrogen-bond donors (Lipinski definition) is 1. The topological polar surface area (TPSA) is 63.6 Å². The van der Waals surface area contributed by atoms with Crippen LogP contribution in [0.4, 0.5) is 0 Å². The molecule has 28 heavy (non-hydrogen) atoms. The van der Waals surface area contributed by atoms with Crippen molar-refractivity contribution in [1.82, 2.24) is 0 Å². The van der Waals surface area contributed by atoms with Crippen LogP contribution in [-0.4, -0.2) is 17.0 Å². The van der Waals surface area contributed by atoms with Gasteiger partial charge in [0, 0.05) is 17.5 Å². The Hall–Kier alpha value is -1.26. The molecule has 0 saturated heterocycles. The summed E-state index contributed by atoms with van der Waals surface area (Å²) in [6, 6.07) is 1.94. The molecule has 1 aromatic carbocycles. The molecule has 0 aromatic heterocycles. The Morgan fingerprint density at radius 3 is 2.43 bits per heavy atom. The highest BCUT2D eigenvalue weighted by Gasteiger charge is 2.58. The number of aliphatic carboxylic acids is 1. The van der Waals surface area contributed by atoms with E-state index in [1.807, 2.05) is 26.8 Å². The number of hydrogen-bond acceptors (Lipinski definition) is 3. The zero-order valence-corrected chi connectivity index (χ0v) is 18.6. The Balaban J connectivity index is 2.30. The summed E-state index contributed by atoms with van der Waals surface area (Å²) in [5.41, 5.74) is 1.30. The summed E-state index contributed by atoms with van der Waals surface area (Å²) in [7, 11) is 0. The van der Waals surface area contributed by atoms with E-state index in [0.29, 0.717) is 22.9 Å². The van der Waals surface area contributed by atoms with Crippen LogP contribution in [0.5, 0.6) is 0 Å². The van der Waals surface area contributed by atoms with Gasteiger partial charge in [-0.3, -0.25) is 9.59 Å². The van der Waals surface area contributed by atoms with Crippen LogP contribution in [0, 0.1) is 11.3 Å². The van der Waals surface area contributed by atoms with Gasteiger partial charge < -0.3 is 9.84 Å². The first-order valence-corrected chi connectivity index (χ1v) is 10.6. The summed E-state index contributed by atoms with van der Waals surface area (Å²) >= 11 is 13.5. The van der Waals surface area contributed by atoms with E-state index >= 15 is 0 Å². The zero-order chi connectivity index (χ0) is 21.0. The minimum Gasteiger partial charge on any atom is -0.481 e. The Morgan fingerprint density at radius 2 is 1.89 bits per heavy atom. The van der Waals surface area contributed by atoms with Gasteiger partial charge in [-0.15, -0.1) is 0 Å². The maximum absolute atomic E-state index is 12.2. The van der Waals surface area contributed by atoms with Gasteiger partial charge in [0.25, 0.3) is 0 Å². The quantitative estimate of drug-likeness (QED) is 0.577. The van der Waals surface area contributed by atoms with E-state index in [1.54, 1.807) is 0 Å². The molecule has 4 atom stereocenters. The zero-order valence-electron chi connectivity index (χ0n) is 17.1. The van der Waals surface area contributed by atoms with Gasteiger partial charge in [0.2, 0.25) is 0 Å². The van der Waals surface area contributed by atoms with Gasteiger partial charge in [0.1, 0.15) is 6.10 Å². The highest BCUT2D eigenvalue weighted by Crippen LogP contribution is 2.61. The lowest BCUT2D eigenvalue weighted by Gasteiger charge is -2.55. The van der Waals surface area contributed by atoms with Gasteiger partial charge in [-0.1, -0.05) is 50.4 Å². The fourth-order valence-electron chi connectivity index (χ4n) is 5.58. The predicted molar refractivity (Wildman–Crippen MR) is 110 cm³/mol. The number of ether oxygens (including phenoxy) is 1. The van der Waals surface area contributed by atoms with Gasteiger partial charge >= 0.3 is 11.9 Å². The smallest absolute Gasteiger partial charge is 0.309 e. The van der Waals surface area contributed by atoms with Crippen LogP contribution >= 0.6 is 23.2 Å². The van der Waals surface area contributed by atoms with E-state index in [1.165, 1.54) is 6.92 Å². The number of benzene rings is 1. The molecule has 0 unspecified atom stereocenters. The first-order valence-electron chi connectivity index (χ1n) is 9.86. The van der Waals surface area contributed by atoms with E-state index in [4.69, 9.17) is 27.9 Å². The summed E-state index contributed by atoms with van der Waals surface area (Å²) in [5, 5.41) is 11.2. The fourth-order valence-corrected chi connectivity index (χ4v) is 6.59. The maximum atomic E-state index is 12.2. The third-order valence-electron chi connectivity index (χ3n) is 6.98. The minimum atomic E-state index is -0.890. The number of carbonyl (C=O) groups is 2. The maximum Gasteiger partial charge on any atom is 0.309 e. The molecule has 3 rings (SSSR count). The highest BCUT2D eigenvalue weighted by atomic mass is 35.5. The molecule has 1 fully saturated rings. The molecule has 0 amide bonds. The summed E-state index contributed by atoms with van der Waals surface area (Å²) in [5.74, 6) is -1.27. The SMILES string of the molecule is CC(=O)O[C@@H]1C[C@H]2[C@](C)(C(=O)O)CCC[C@]2(C)c2cc(Cl)c(C(C)C)c(Cl)c21. The fraction of sp³-hybridized carbons (Fsp3) is 0.636. The normalized spacial score (nSPS) is 31.9. The monoisotopic (exact) mass is 426 g/mol. The van der Waals surface area contributed by atoms with Crippen molar-refractivity contribution in [3.63, 3.8) is 0 Å². The number of carboxylic acid groups (broad SMARTS) is 1. The van der Waals surface area contributed by atoms with Crippen molar-refractivity contribution >= 4 is 35.1 Å². The molecule has 0 heterocycles. The average molecular weight is 427 g/mol. The van der Waals surface area contributed by atoms with Crippen LogP contribution < -0.4 is 0 Å². The summed E-state index contributed by atoms with van der Waals surface area (Å²) in [6.07, 6.45) is 2.16. The summed E-state index contributed by atoms with van der Waals surface area (Å²) < 4.78 is 5.68. The molecular weight excluding hydrogens is 399 g/mol. The Morgan fingerprint density at radius 1 is 1.25 bits per heavy atom. The van der Waals surface area contributed by atoms with E-state index in [0.717, 1.165) is 29.5 Å². The van der Waals surface area contributed by atoms with Gasteiger partial charge in [-0.05, 0) is 60.6 Å². The lowest BCUT2D eigenvalue weighted by molar-refractivity contribution is -0.162. The molecule has 4 nitrogen and oxygen atoms in total. The van der Waals surface area contributed by atoms with Gasteiger partial charge in [0.15, 0.2) is 0 Å². The standard InChI is InChI=1S/C22H28Cl2O4/c1-11(2)17-14(23)9-13-18(19(17)24)15(28-12(3)25)10-16-21(13,4)7-6-8-22(16,5)20(26)27/h9,11,15-16H,6-8,10H2,1-5H3,(H,26,27)/t15-,16-,21-,22-/m1/s1.